The summed E-state index contributed by atoms with van der Waals surface area (Å²) in [4.78, 5) is 36.0. The Bertz CT molecular complexity index is 944. The number of hydrogen-bond donors (Lipinski definition) is 1. The minimum atomic E-state index is -0.846. The summed E-state index contributed by atoms with van der Waals surface area (Å²) in [6.45, 7) is 1.73. The van der Waals surface area contributed by atoms with Crippen molar-refractivity contribution in [2.45, 2.75) is 6.92 Å². The first kappa shape index (κ1) is 10.5. The molecular formula is C12H7NO5. The summed E-state index contributed by atoms with van der Waals surface area (Å²) >= 11 is 0. The topological polar surface area (TPSA) is 93.3 Å². The lowest BCUT2D eigenvalue weighted by Gasteiger charge is -2.01. The molecule has 0 unspecified atom stereocenters. The van der Waals surface area contributed by atoms with E-state index in [2.05, 4.69) is 0 Å². The number of H-pyrrole nitrogens is 1. The van der Waals surface area contributed by atoms with Gasteiger partial charge in [0.1, 0.15) is 11.2 Å². The van der Waals surface area contributed by atoms with Crippen molar-refractivity contribution in [1.82, 2.24) is 4.98 Å². The van der Waals surface area contributed by atoms with Gasteiger partial charge >= 0.3 is 11.4 Å². The molecule has 2 aromatic heterocycles. The fourth-order valence-corrected chi connectivity index (χ4v) is 1.89. The van der Waals surface area contributed by atoms with Gasteiger partial charge in [-0.2, -0.15) is 0 Å². The van der Waals surface area contributed by atoms with E-state index < -0.39 is 16.9 Å². The summed E-state index contributed by atoms with van der Waals surface area (Å²) in [6, 6.07) is 4.24. The second kappa shape index (κ2) is 3.43. The molecule has 1 aromatic carbocycles. The highest BCUT2D eigenvalue weighted by Gasteiger charge is 2.09. The molecule has 0 aliphatic rings. The summed E-state index contributed by atoms with van der Waals surface area (Å²) in [5.41, 5.74) is 0.0280. The zero-order valence-electron chi connectivity index (χ0n) is 9.27. The molecule has 90 valence electrons. The largest absolute Gasteiger partial charge is 0.423 e. The highest BCUT2D eigenvalue weighted by Crippen LogP contribution is 2.21. The van der Waals surface area contributed by atoms with Gasteiger partial charge in [0, 0.05) is 17.5 Å². The molecule has 3 aromatic rings. The van der Waals surface area contributed by atoms with E-state index in [0.29, 0.717) is 10.9 Å². The number of hydrogen-bond acceptors (Lipinski definition) is 5. The van der Waals surface area contributed by atoms with Crippen molar-refractivity contribution >= 4 is 21.9 Å². The molecule has 6 heteroatoms. The smallest absolute Gasteiger partial charge is 0.419 e. The Kier molecular flexibility index (Phi) is 2.00. The SMILES string of the molecule is Cc1cc(=O)oc2cc3oc(=O)[nH]c(=O)c3cc12. The van der Waals surface area contributed by atoms with Crippen LogP contribution in [0.15, 0.2) is 41.4 Å². The van der Waals surface area contributed by atoms with Crippen LogP contribution in [-0.4, -0.2) is 4.98 Å². The van der Waals surface area contributed by atoms with Crippen molar-refractivity contribution in [2.24, 2.45) is 0 Å². The van der Waals surface area contributed by atoms with Crippen LogP contribution >= 0.6 is 0 Å². The van der Waals surface area contributed by atoms with Crippen LogP contribution < -0.4 is 16.9 Å². The Morgan fingerprint density at radius 2 is 1.67 bits per heavy atom. The van der Waals surface area contributed by atoms with Crippen LogP contribution in [0, 0.1) is 6.92 Å². The molecule has 0 amide bonds. The van der Waals surface area contributed by atoms with E-state index in [1.165, 1.54) is 18.2 Å². The molecule has 0 bridgehead atoms. The average Bonchev–Trinajstić information content (AvgIpc) is 2.26. The summed E-state index contributed by atoms with van der Waals surface area (Å²) in [5.74, 6) is -0.846. The van der Waals surface area contributed by atoms with E-state index in [1.54, 1.807) is 6.92 Å². The molecule has 2 heterocycles. The lowest BCUT2D eigenvalue weighted by molar-refractivity contribution is 0.525. The average molecular weight is 245 g/mol. The fraction of sp³-hybridized carbons (Fsp3) is 0.0833. The van der Waals surface area contributed by atoms with Crippen LogP contribution in [0.3, 0.4) is 0 Å². The van der Waals surface area contributed by atoms with E-state index in [9.17, 15) is 14.4 Å². The second-order valence-corrected chi connectivity index (χ2v) is 3.94. The summed E-state index contributed by atoms with van der Waals surface area (Å²) in [5, 5.41) is 0.862. The summed E-state index contributed by atoms with van der Waals surface area (Å²) in [6.07, 6.45) is 0. The Labute approximate surface area is 98.5 Å². The Hall–Kier alpha value is -2.63. The monoisotopic (exact) mass is 245 g/mol. The number of benzene rings is 1. The lowest BCUT2D eigenvalue weighted by Crippen LogP contribution is -2.18. The molecule has 0 spiro atoms. The van der Waals surface area contributed by atoms with Crippen LogP contribution in [0.5, 0.6) is 0 Å². The van der Waals surface area contributed by atoms with Crippen molar-refractivity contribution in [3.05, 3.63) is 55.1 Å². The van der Waals surface area contributed by atoms with Gasteiger partial charge in [0.05, 0.1) is 5.39 Å². The normalized spacial score (nSPS) is 11.2. The van der Waals surface area contributed by atoms with Crippen LogP contribution in [-0.2, 0) is 0 Å². The maximum absolute atomic E-state index is 11.6. The number of aromatic amines is 1. The fourth-order valence-electron chi connectivity index (χ4n) is 1.89. The Morgan fingerprint density at radius 3 is 2.44 bits per heavy atom. The third-order valence-electron chi connectivity index (χ3n) is 2.71. The quantitative estimate of drug-likeness (QED) is 0.469. The van der Waals surface area contributed by atoms with Gasteiger partial charge < -0.3 is 8.83 Å². The number of rotatable bonds is 0. The Balaban J connectivity index is 2.63. The van der Waals surface area contributed by atoms with Crippen molar-refractivity contribution in [3.8, 4) is 0 Å². The maximum Gasteiger partial charge on any atom is 0.419 e. The molecule has 1 N–H and O–H groups in total. The number of nitrogens with one attached hydrogen (secondary N) is 1. The van der Waals surface area contributed by atoms with Gasteiger partial charge in [0.2, 0.25) is 0 Å². The van der Waals surface area contributed by atoms with Crippen molar-refractivity contribution in [2.75, 3.05) is 0 Å². The molecule has 0 aliphatic carbocycles. The van der Waals surface area contributed by atoms with E-state index in [0.717, 1.165) is 0 Å². The van der Waals surface area contributed by atoms with Crippen molar-refractivity contribution in [3.63, 3.8) is 0 Å². The van der Waals surface area contributed by atoms with Crippen LogP contribution in [0.1, 0.15) is 5.56 Å². The van der Waals surface area contributed by atoms with E-state index in [1.807, 2.05) is 4.98 Å². The van der Waals surface area contributed by atoms with Crippen LogP contribution in [0.4, 0.5) is 0 Å². The third-order valence-corrected chi connectivity index (χ3v) is 2.71. The summed E-state index contributed by atoms with van der Waals surface area (Å²) < 4.78 is 9.86. The molecule has 3 rings (SSSR count). The second-order valence-electron chi connectivity index (χ2n) is 3.94. The van der Waals surface area contributed by atoms with Gasteiger partial charge in [-0.15, -0.1) is 0 Å². The Morgan fingerprint density at radius 1 is 0.944 bits per heavy atom. The minimum absolute atomic E-state index is 0.0880. The van der Waals surface area contributed by atoms with Crippen LogP contribution in [0.2, 0.25) is 0 Å². The first-order valence-electron chi connectivity index (χ1n) is 5.16. The van der Waals surface area contributed by atoms with Gasteiger partial charge in [-0.1, -0.05) is 0 Å². The molecule has 6 nitrogen and oxygen atoms in total. The minimum Gasteiger partial charge on any atom is -0.423 e. The number of fused-ring (bicyclic) bond motifs is 2. The molecule has 0 fully saturated rings. The van der Waals surface area contributed by atoms with E-state index in [-0.39, 0.29) is 16.6 Å². The lowest BCUT2D eigenvalue weighted by atomic mass is 10.1. The number of aromatic nitrogens is 1. The van der Waals surface area contributed by atoms with Gasteiger partial charge in [0.15, 0.2) is 0 Å². The molecular weight excluding hydrogens is 238 g/mol. The number of aryl methyl sites for hydroxylation is 1. The highest BCUT2D eigenvalue weighted by molar-refractivity contribution is 5.93. The van der Waals surface area contributed by atoms with Gasteiger partial charge in [-0.25, -0.2) is 9.59 Å². The third kappa shape index (κ3) is 1.46. The van der Waals surface area contributed by atoms with E-state index >= 15 is 0 Å². The predicted molar refractivity (Wildman–Crippen MR) is 63.9 cm³/mol. The predicted octanol–water partition coefficient (Wildman–Crippen LogP) is 0.896. The summed E-state index contributed by atoms with van der Waals surface area (Å²) in [7, 11) is 0. The highest BCUT2D eigenvalue weighted by atomic mass is 16.4. The molecule has 0 saturated carbocycles. The van der Waals surface area contributed by atoms with Crippen LogP contribution in [0.25, 0.3) is 21.9 Å². The molecule has 0 atom stereocenters. The molecule has 0 aliphatic heterocycles. The van der Waals surface area contributed by atoms with Crippen molar-refractivity contribution in [1.29, 1.82) is 0 Å². The van der Waals surface area contributed by atoms with E-state index in [4.69, 9.17) is 8.83 Å². The molecule has 0 saturated heterocycles. The maximum atomic E-state index is 11.6. The van der Waals surface area contributed by atoms with Gasteiger partial charge in [-0.3, -0.25) is 9.78 Å². The molecule has 18 heavy (non-hydrogen) atoms. The molecule has 0 radical (unpaired) electrons. The van der Waals surface area contributed by atoms with Gasteiger partial charge in [0.25, 0.3) is 5.56 Å². The zero-order valence-corrected chi connectivity index (χ0v) is 9.27. The zero-order chi connectivity index (χ0) is 12.9. The van der Waals surface area contributed by atoms with Crippen molar-refractivity contribution < 1.29 is 8.83 Å². The van der Waals surface area contributed by atoms with Gasteiger partial charge in [-0.05, 0) is 18.6 Å². The first-order valence-corrected chi connectivity index (χ1v) is 5.16. The standard InChI is InChI=1S/C12H7NO5/c1-5-2-10(14)17-8-4-9-7(3-6(5)8)11(15)13-12(16)18-9/h2-4H,1H3,(H,13,15,16). The first-order chi connectivity index (χ1) is 8.54.